The number of ketones is 1. The van der Waals surface area contributed by atoms with Crippen LogP contribution in [-0.2, 0) is 6.42 Å². The van der Waals surface area contributed by atoms with E-state index >= 15 is 0 Å². The topological polar surface area (TPSA) is 17.1 Å². The Kier molecular flexibility index (Phi) is 3.16. The highest BCUT2D eigenvalue weighted by Gasteiger charge is 2.20. The Morgan fingerprint density at radius 2 is 1.94 bits per heavy atom. The lowest BCUT2D eigenvalue weighted by Gasteiger charge is -2.16. The van der Waals surface area contributed by atoms with Crippen molar-refractivity contribution in [2.24, 2.45) is 0 Å². The van der Waals surface area contributed by atoms with Crippen molar-refractivity contribution in [1.29, 1.82) is 0 Å². The van der Waals surface area contributed by atoms with Gasteiger partial charge in [-0.25, -0.2) is 0 Å². The molecule has 2 rings (SSSR count). The van der Waals surface area contributed by atoms with E-state index in [1.54, 1.807) is 6.08 Å². The lowest BCUT2D eigenvalue weighted by molar-refractivity contribution is 0.102. The van der Waals surface area contributed by atoms with Gasteiger partial charge in [0.1, 0.15) is 0 Å². The fraction of sp³-hybridized carbons (Fsp3) is 0.133. The van der Waals surface area contributed by atoms with Crippen LogP contribution in [0, 0.1) is 0 Å². The molecule has 1 aromatic carbocycles. The third-order valence-corrected chi connectivity index (χ3v) is 2.76. The zero-order valence-electron chi connectivity index (χ0n) is 9.15. The molecule has 0 bridgehead atoms. The van der Waals surface area contributed by atoms with E-state index in [2.05, 4.69) is 6.58 Å². The summed E-state index contributed by atoms with van der Waals surface area (Å²) in [5.41, 5.74) is 2.90. The molecule has 1 aromatic rings. The van der Waals surface area contributed by atoms with Crippen LogP contribution in [-0.4, -0.2) is 5.78 Å². The monoisotopic (exact) mass is 210 g/mol. The van der Waals surface area contributed by atoms with E-state index in [1.165, 1.54) is 0 Å². The SMILES string of the molecule is C=C/C=C\C=C1/CCc2ccccc2C1=O. The lowest BCUT2D eigenvalue weighted by Crippen LogP contribution is -2.13. The second-order valence-electron chi connectivity index (χ2n) is 3.80. The maximum absolute atomic E-state index is 12.1. The highest BCUT2D eigenvalue weighted by Crippen LogP contribution is 2.24. The van der Waals surface area contributed by atoms with Crippen molar-refractivity contribution in [3.8, 4) is 0 Å². The second kappa shape index (κ2) is 4.75. The summed E-state index contributed by atoms with van der Waals surface area (Å²) in [5, 5.41) is 0. The predicted molar refractivity (Wildman–Crippen MR) is 66.5 cm³/mol. The van der Waals surface area contributed by atoms with Crippen molar-refractivity contribution in [3.05, 3.63) is 71.8 Å². The van der Waals surface area contributed by atoms with Gasteiger partial charge in [0.15, 0.2) is 5.78 Å². The van der Waals surface area contributed by atoms with Gasteiger partial charge in [-0.2, -0.15) is 0 Å². The fourth-order valence-corrected chi connectivity index (χ4v) is 1.92. The first-order chi connectivity index (χ1) is 7.83. The fourth-order valence-electron chi connectivity index (χ4n) is 1.92. The van der Waals surface area contributed by atoms with Crippen LogP contribution in [0.3, 0.4) is 0 Å². The summed E-state index contributed by atoms with van der Waals surface area (Å²) in [6.45, 7) is 3.60. The molecule has 0 saturated carbocycles. The normalized spacial score (nSPS) is 17.8. The molecule has 1 nitrogen and oxygen atoms in total. The van der Waals surface area contributed by atoms with Gasteiger partial charge in [0.2, 0.25) is 0 Å². The highest BCUT2D eigenvalue weighted by atomic mass is 16.1. The first-order valence-corrected chi connectivity index (χ1v) is 5.44. The van der Waals surface area contributed by atoms with Crippen LogP contribution >= 0.6 is 0 Å². The second-order valence-corrected chi connectivity index (χ2v) is 3.80. The van der Waals surface area contributed by atoms with Crippen LogP contribution in [0.4, 0.5) is 0 Å². The number of hydrogen-bond donors (Lipinski definition) is 0. The van der Waals surface area contributed by atoms with E-state index in [0.29, 0.717) is 0 Å². The molecule has 0 aliphatic heterocycles. The summed E-state index contributed by atoms with van der Waals surface area (Å²) in [6.07, 6.45) is 9.08. The van der Waals surface area contributed by atoms with Crippen molar-refractivity contribution in [1.82, 2.24) is 0 Å². The number of Topliss-reactive ketones (excluding diaryl/α,β-unsaturated/α-hetero) is 1. The van der Waals surface area contributed by atoms with E-state index in [-0.39, 0.29) is 5.78 Å². The van der Waals surface area contributed by atoms with Gasteiger partial charge in [-0.1, -0.05) is 55.1 Å². The Labute approximate surface area is 95.8 Å². The smallest absolute Gasteiger partial charge is 0.189 e. The third-order valence-electron chi connectivity index (χ3n) is 2.76. The molecule has 0 aromatic heterocycles. The van der Waals surface area contributed by atoms with Crippen LogP contribution in [0.1, 0.15) is 22.3 Å². The van der Waals surface area contributed by atoms with Crippen molar-refractivity contribution in [2.45, 2.75) is 12.8 Å². The Balaban J connectivity index is 2.31. The molecular formula is C15H14O. The molecule has 0 radical (unpaired) electrons. The number of aryl methyl sites for hydroxylation is 1. The summed E-state index contributed by atoms with van der Waals surface area (Å²) in [6, 6.07) is 7.84. The molecule has 16 heavy (non-hydrogen) atoms. The molecule has 1 heteroatoms. The van der Waals surface area contributed by atoms with E-state index in [9.17, 15) is 4.79 Å². The summed E-state index contributed by atoms with van der Waals surface area (Å²) in [5.74, 6) is 0.163. The average Bonchev–Trinajstić information content (AvgIpc) is 2.33. The minimum atomic E-state index is 0.163. The van der Waals surface area contributed by atoms with Gasteiger partial charge in [-0.3, -0.25) is 4.79 Å². The minimum absolute atomic E-state index is 0.163. The summed E-state index contributed by atoms with van der Waals surface area (Å²) in [4.78, 5) is 12.1. The molecule has 0 saturated heterocycles. The first kappa shape index (κ1) is 10.6. The molecule has 80 valence electrons. The molecule has 0 N–H and O–H groups in total. The quantitative estimate of drug-likeness (QED) is 0.539. The Bertz CT molecular complexity index is 478. The van der Waals surface area contributed by atoms with Crippen molar-refractivity contribution >= 4 is 5.78 Å². The number of fused-ring (bicyclic) bond motifs is 1. The Hall–Kier alpha value is -1.89. The van der Waals surface area contributed by atoms with E-state index in [1.807, 2.05) is 42.5 Å². The molecule has 1 aliphatic carbocycles. The van der Waals surface area contributed by atoms with Crippen LogP contribution < -0.4 is 0 Å². The maximum atomic E-state index is 12.1. The standard InChI is InChI=1S/C15H14O/c1-2-3-4-8-13-11-10-12-7-5-6-9-14(12)15(13)16/h2-9H,1,10-11H2/b4-3-,13-8+. The molecular weight excluding hydrogens is 196 g/mol. The molecule has 1 aliphatic rings. The van der Waals surface area contributed by atoms with Gasteiger partial charge in [0.05, 0.1) is 0 Å². The van der Waals surface area contributed by atoms with E-state index in [4.69, 9.17) is 0 Å². The number of carbonyl (C=O) groups excluding carboxylic acids is 1. The zero-order valence-corrected chi connectivity index (χ0v) is 9.15. The average molecular weight is 210 g/mol. The van der Waals surface area contributed by atoms with Gasteiger partial charge < -0.3 is 0 Å². The van der Waals surface area contributed by atoms with E-state index < -0.39 is 0 Å². The highest BCUT2D eigenvalue weighted by molar-refractivity contribution is 6.10. The third kappa shape index (κ3) is 2.03. The molecule has 0 spiro atoms. The van der Waals surface area contributed by atoms with Gasteiger partial charge in [-0.05, 0) is 18.4 Å². The van der Waals surface area contributed by atoms with Crippen LogP contribution in [0.2, 0.25) is 0 Å². The van der Waals surface area contributed by atoms with Crippen LogP contribution in [0.5, 0.6) is 0 Å². The summed E-state index contributed by atoms with van der Waals surface area (Å²) in [7, 11) is 0. The minimum Gasteiger partial charge on any atom is -0.289 e. The number of allylic oxidation sites excluding steroid dienone is 5. The van der Waals surface area contributed by atoms with Gasteiger partial charge in [-0.15, -0.1) is 0 Å². The van der Waals surface area contributed by atoms with Gasteiger partial charge in [0, 0.05) is 11.1 Å². The van der Waals surface area contributed by atoms with Crippen LogP contribution in [0.15, 0.2) is 60.7 Å². The molecule has 0 unspecified atom stereocenters. The van der Waals surface area contributed by atoms with Crippen molar-refractivity contribution in [2.75, 3.05) is 0 Å². The zero-order chi connectivity index (χ0) is 11.4. The van der Waals surface area contributed by atoms with Gasteiger partial charge >= 0.3 is 0 Å². The Morgan fingerprint density at radius 3 is 2.75 bits per heavy atom. The number of hydrogen-bond acceptors (Lipinski definition) is 1. The predicted octanol–water partition coefficient (Wildman–Crippen LogP) is 3.48. The van der Waals surface area contributed by atoms with Crippen molar-refractivity contribution < 1.29 is 4.79 Å². The lowest BCUT2D eigenvalue weighted by atomic mass is 9.87. The maximum Gasteiger partial charge on any atom is 0.189 e. The largest absolute Gasteiger partial charge is 0.289 e. The number of carbonyl (C=O) groups is 1. The van der Waals surface area contributed by atoms with Crippen molar-refractivity contribution in [3.63, 3.8) is 0 Å². The molecule has 0 atom stereocenters. The van der Waals surface area contributed by atoms with E-state index in [0.717, 1.165) is 29.5 Å². The molecule has 0 fully saturated rings. The summed E-state index contributed by atoms with van der Waals surface area (Å²) < 4.78 is 0. The first-order valence-electron chi connectivity index (χ1n) is 5.44. The van der Waals surface area contributed by atoms with Gasteiger partial charge in [0.25, 0.3) is 0 Å². The van der Waals surface area contributed by atoms with Crippen LogP contribution in [0.25, 0.3) is 0 Å². The Morgan fingerprint density at radius 1 is 1.12 bits per heavy atom. The number of benzene rings is 1. The number of rotatable bonds is 2. The summed E-state index contributed by atoms with van der Waals surface area (Å²) >= 11 is 0. The molecule has 0 amide bonds. The molecule has 0 heterocycles.